The third-order valence-electron chi connectivity index (χ3n) is 2.84. The van der Waals surface area contributed by atoms with Crippen molar-refractivity contribution in [2.75, 3.05) is 31.3 Å². The summed E-state index contributed by atoms with van der Waals surface area (Å²) in [6.07, 6.45) is 2.84. The van der Waals surface area contributed by atoms with Crippen LogP contribution >= 0.6 is 0 Å². The van der Waals surface area contributed by atoms with E-state index in [1.807, 2.05) is 36.5 Å². The van der Waals surface area contributed by atoms with Gasteiger partial charge in [-0.05, 0) is 36.2 Å². The predicted octanol–water partition coefficient (Wildman–Crippen LogP) is 2.78. The first-order valence-electron chi connectivity index (χ1n) is 6.34. The Kier molecular flexibility index (Phi) is 4.75. The molecule has 0 spiro atoms. The van der Waals surface area contributed by atoms with Crippen LogP contribution in [0.3, 0.4) is 0 Å². The minimum Gasteiger partial charge on any atom is -0.399 e. The molecule has 0 fully saturated rings. The second kappa shape index (κ2) is 6.75. The molecule has 1 heterocycles. The number of nitrogens with two attached hydrogens (primary N) is 1. The van der Waals surface area contributed by atoms with Crippen molar-refractivity contribution in [3.05, 3.63) is 42.6 Å². The molecule has 0 aliphatic rings. The number of nitrogen functional groups attached to an aromatic ring is 1. The summed E-state index contributed by atoms with van der Waals surface area (Å²) in [4.78, 5) is 4.39. The van der Waals surface area contributed by atoms with Crippen LogP contribution in [0.1, 0.15) is 6.42 Å². The van der Waals surface area contributed by atoms with Crippen molar-refractivity contribution >= 4 is 11.5 Å². The van der Waals surface area contributed by atoms with Gasteiger partial charge >= 0.3 is 0 Å². The molecule has 2 aromatic rings. The van der Waals surface area contributed by atoms with Gasteiger partial charge in [0.05, 0.1) is 0 Å². The van der Waals surface area contributed by atoms with Crippen LogP contribution in [-0.4, -0.2) is 25.2 Å². The number of pyridine rings is 1. The van der Waals surface area contributed by atoms with E-state index in [9.17, 15) is 0 Å². The van der Waals surface area contributed by atoms with E-state index in [0.717, 1.165) is 42.2 Å². The Hall–Kier alpha value is -2.07. The largest absolute Gasteiger partial charge is 0.399 e. The van der Waals surface area contributed by atoms with Crippen molar-refractivity contribution in [3.63, 3.8) is 0 Å². The Labute approximate surface area is 113 Å². The third-order valence-corrected chi connectivity index (χ3v) is 2.84. The molecule has 1 aromatic carbocycles. The Morgan fingerprint density at radius 3 is 2.47 bits per heavy atom. The summed E-state index contributed by atoms with van der Waals surface area (Å²) in [5.41, 5.74) is 8.65. The molecule has 0 atom stereocenters. The fraction of sp³-hybridized carbons (Fsp3) is 0.267. The predicted molar refractivity (Wildman–Crippen MR) is 79.1 cm³/mol. The Morgan fingerprint density at radius 2 is 1.84 bits per heavy atom. The lowest BCUT2D eigenvalue weighted by atomic mass is 10.1. The molecule has 0 aliphatic carbocycles. The van der Waals surface area contributed by atoms with Crippen LogP contribution in [0.5, 0.6) is 0 Å². The zero-order valence-electron chi connectivity index (χ0n) is 11.1. The van der Waals surface area contributed by atoms with Crippen molar-refractivity contribution in [1.29, 1.82) is 0 Å². The summed E-state index contributed by atoms with van der Waals surface area (Å²) in [6, 6.07) is 11.8. The second-order valence-corrected chi connectivity index (χ2v) is 4.33. The first kappa shape index (κ1) is 13.4. The van der Waals surface area contributed by atoms with Gasteiger partial charge in [-0.2, -0.15) is 0 Å². The SMILES string of the molecule is COCCCNc1ccc(-c2ccc(N)cc2)cn1. The number of aromatic nitrogens is 1. The zero-order valence-corrected chi connectivity index (χ0v) is 11.1. The van der Waals surface area contributed by atoms with Gasteiger partial charge in [-0.1, -0.05) is 12.1 Å². The van der Waals surface area contributed by atoms with Crippen LogP contribution in [0, 0.1) is 0 Å². The number of anilines is 2. The number of hydrogen-bond acceptors (Lipinski definition) is 4. The van der Waals surface area contributed by atoms with Crippen molar-refractivity contribution in [2.24, 2.45) is 0 Å². The van der Waals surface area contributed by atoms with E-state index in [1.165, 1.54) is 0 Å². The number of nitrogens with one attached hydrogen (secondary N) is 1. The van der Waals surface area contributed by atoms with E-state index in [2.05, 4.69) is 16.4 Å². The molecule has 0 bridgehead atoms. The van der Waals surface area contributed by atoms with Crippen LogP contribution < -0.4 is 11.1 Å². The molecule has 0 saturated heterocycles. The Morgan fingerprint density at radius 1 is 1.11 bits per heavy atom. The van der Waals surface area contributed by atoms with Crippen LogP contribution in [0.4, 0.5) is 11.5 Å². The van der Waals surface area contributed by atoms with Gasteiger partial charge in [0.25, 0.3) is 0 Å². The highest BCUT2D eigenvalue weighted by molar-refractivity contribution is 5.65. The highest BCUT2D eigenvalue weighted by Gasteiger charge is 1.99. The number of ether oxygens (including phenoxy) is 1. The average Bonchev–Trinajstić information content (AvgIpc) is 2.45. The van der Waals surface area contributed by atoms with Crippen molar-refractivity contribution in [1.82, 2.24) is 4.98 Å². The number of nitrogens with zero attached hydrogens (tertiary/aromatic N) is 1. The highest BCUT2D eigenvalue weighted by Crippen LogP contribution is 2.20. The molecular formula is C15H19N3O. The molecule has 19 heavy (non-hydrogen) atoms. The topological polar surface area (TPSA) is 60.2 Å². The van der Waals surface area contributed by atoms with Crippen LogP contribution in [-0.2, 0) is 4.74 Å². The van der Waals surface area contributed by atoms with Gasteiger partial charge in [0.1, 0.15) is 5.82 Å². The van der Waals surface area contributed by atoms with Crippen molar-refractivity contribution < 1.29 is 4.74 Å². The lowest BCUT2D eigenvalue weighted by Crippen LogP contribution is -2.05. The van der Waals surface area contributed by atoms with Crippen molar-refractivity contribution in [2.45, 2.75) is 6.42 Å². The summed E-state index contributed by atoms with van der Waals surface area (Å²) in [7, 11) is 1.71. The standard InChI is InChI=1S/C15H19N3O/c1-19-10-2-9-17-15-8-5-13(11-18-15)12-3-6-14(16)7-4-12/h3-8,11H,2,9-10,16H2,1H3,(H,17,18). The normalized spacial score (nSPS) is 10.4. The number of methoxy groups -OCH3 is 1. The molecular weight excluding hydrogens is 238 g/mol. The maximum atomic E-state index is 5.67. The second-order valence-electron chi connectivity index (χ2n) is 4.33. The van der Waals surface area contributed by atoms with Gasteiger partial charge in [-0.25, -0.2) is 4.98 Å². The zero-order chi connectivity index (χ0) is 13.5. The van der Waals surface area contributed by atoms with Gasteiger partial charge < -0.3 is 15.8 Å². The minimum atomic E-state index is 0.760. The molecule has 4 nitrogen and oxygen atoms in total. The first-order chi connectivity index (χ1) is 9.29. The summed E-state index contributed by atoms with van der Waals surface area (Å²) < 4.78 is 5.00. The Balaban J connectivity index is 1.96. The molecule has 1 aromatic heterocycles. The Bertz CT molecular complexity index is 494. The summed E-state index contributed by atoms with van der Waals surface area (Å²) >= 11 is 0. The molecule has 0 radical (unpaired) electrons. The fourth-order valence-electron chi connectivity index (χ4n) is 1.78. The van der Waals surface area contributed by atoms with Gasteiger partial charge in [0.15, 0.2) is 0 Å². The van der Waals surface area contributed by atoms with E-state index in [-0.39, 0.29) is 0 Å². The van der Waals surface area contributed by atoms with E-state index in [1.54, 1.807) is 7.11 Å². The smallest absolute Gasteiger partial charge is 0.125 e. The lowest BCUT2D eigenvalue weighted by Gasteiger charge is -2.06. The third kappa shape index (κ3) is 3.96. The number of benzene rings is 1. The summed E-state index contributed by atoms with van der Waals surface area (Å²) in [5.74, 6) is 0.885. The molecule has 0 amide bonds. The molecule has 0 saturated carbocycles. The maximum absolute atomic E-state index is 5.67. The summed E-state index contributed by atoms with van der Waals surface area (Å²) in [6.45, 7) is 1.62. The van der Waals surface area contributed by atoms with Crippen LogP contribution in [0.15, 0.2) is 42.6 Å². The van der Waals surface area contributed by atoms with Gasteiger partial charge in [0, 0.05) is 37.7 Å². The average molecular weight is 257 g/mol. The van der Waals surface area contributed by atoms with E-state index >= 15 is 0 Å². The minimum absolute atomic E-state index is 0.760. The lowest BCUT2D eigenvalue weighted by molar-refractivity contribution is 0.198. The fourth-order valence-corrected chi connectivity index (χ4v) is 1.78. The molecule has 100 valence electrons. The number of hydrogen-bond donors (Lipinski definition) is 2. The maximum Gasteiger partial charge on any atom is 0.125 e. The van der Waals surface area contributed by atoms with Gasteiger partial charge in [-0.15, -0.1) is 0 Å². The first-order valence-corrected chi connectivity index (χ1v) is 6.34. The molecule has 4 heteroatoms. The quantitative estimate of drug-likeness (QED) is 0.617. The summed E-state index contributed by atoms with van der Waals surface area (Å²) in [5, 5.41) is 3.26. The van der Waals surface area contributed by atoms with Gasteiger partial charge in [0.2, 0.25) is 0 Å². The molecule has 2 rings (SSSR count). The van der Waals surface area contributed by atoms with Gasteiger partial charge in [-0.3, -0.25) is 0 Å². The molecule has 0 unspecified atom stereocenters. The highest BCUT2D eigenvalue weighted by atomic mass is 16.5. The van der Waals surface area contributed by atoms with Crippen LogP contribution in [0.2, 0.25) is 0 Å². The molecule has 3 N–H and O–H groups in total. The van der Waals surface area contributed by atoms with E-state index < -0.39 is 0 Å². The molecule has 0 aliphatic heterocycles. The monoisotopic (exact) mass is 257 g/mol. The van der Waals surface area contributed by atoms with Crippen molar-refractivity contribution in [3.8, 4) is 11.1 Å². The number of rotatable bonds is 6. The van der Waals surface area contributed by atoms with Crippen LogP contribution in [0.25, 0.3) is 11.1 Å². The van der Waals surface area contributed by atoms with E-state index in [0.29, 0.717) is 0 Å². The van der Waals surface area contributed by atoms with E-state index in [4.69, 9.17) is 10.5 Å².